The van der Waals surface area contributed by atoms with E-state index >= 15 is 0 Å². The number of benzene rings is 1. The lowest BCUT2D eigenvalue weighted by atomic mass is 10.2. The van der Waals surface area contributed by atoms with Gasteiger partial charge in [0.2, 0.25) is 5.91 Å². The fraction of sp³-hybridized carbons (Fsp3) is 0.375. The number of carbonyl (C=O) groups excluding carboxylic acids is 1. The molecular formula is C16H19N3O. The number of hydrogen-bond donors (Lipinski definition) is 0. The number of nitrogens with zero attached hydrogens (tertiary/aromatic N) is 3. The second-order valence-electron chi connectivity index (χ2n) is 5.31. The number of carbonyl (C=O) groups is 1. The Kier molecular flexibility index (Phi) is 3.30. The summed E-state index contributed by atoms with van der Waals surface area (Å²) in [6, 6.07) is 9.70. The van der Waals surface area contributed by atoms with Crippen LogP contribution in [0.15, 0.2) is 30.3 Å². The molecule has 2 aromatic rings. The number of likely N-dealkylation sites (N-methyl/N-ethyl adjacent to an activating group) is 1. The molecule has 0 unspecified atom stereocenters. The van der Waals surface area contributed by atoms with Crippen LogP contribution in [-0.4, -0.2) is 22.7 Å². The first-order valence-corrected chi connectivity index (χ1v) is 7.03. The number of anilines is 1. The summed E-state index contributed by atoms with van der Waals surface area (Å²) >= 11 is 0. The lowest BCUT2D eigenvalue weighted by molar-refractivity contribution is -0.119. The summed E-state index contributed by atoms with van der Waals surface area (Å²) in [5.41, 5.74) is 4.58. The molecule has 0 saturated carbocycles. The van der Waals surface area contributed by atoms with Crippen molar-refractivity contribution in [2.75, 3.05) is 11.9 Å². The van der Waals surface area contributed by atoms with Crippen LogP contribution in [0.25, 0.3) is 0 Å². The summed E-state index contributed by atoms with van der Waals surface area (Å²) in [4.78, 5) is 14.0. The topological polar surface area (TPSA) is 38.1 Å². The van der Waals surface area contributed by atoms with Crippen molar-refractivity contribution in [3.63, 3.8) is 0 Å². The highest BCUT2D eigenvalue weighted by Gasteiger charge is 2.21. The van der Waals surface area contributed by atoms with Crippen LogP contribution in [0, 0.1) is 6.92 Å². The highest BCUT2D eigenvalue weighted by Crippen LogP contribution is 2.24. The number of amides is 1. The van der Waals surface area contributed by atoms with Crippen molar-refractivity contribution in [3.05, 3.63) is 47.3 Å². The maximum Gasteiger partial charge on any atom is 0.248 e. The van der Waals surface area contributed by atoms with Gasteiger partial charge in [0.05, 0.1) is 5.69 Å². The Morgan fingerprint density at radius 1 is 1.30 bits per heavy atom. The summed E-state index contributed by atoms with van der Waals surface area (Å²) in [6.45, 7) is 2.37. The SMILES string of the molecule is Cc1c2c(nn1CC(=O)N(C)c1ccccc1)CCC2. The standard InChI is InChI=1S/C16H19N3O/c1-12-14-9-6-10-15(14)17-19(12)11-16(20)18(2)13-7-4-3-5-8-13/h3-5,7-8H,6,9-11H2,1-2H3. The Balaban J connectivity index is 1.76. The fourth-order valence-corrected chi connectivity index (χ4v) is 2.79. The van der Waals surface area contributed by atoms with Crippen molar-refractivity contribution in [2.24, 2.45) is 0 Å². The van der Waals surface area contributed by atoms with Gasteiger partial charge in [-0.1, -0.05) is 18.2 Å². The Labute approximate surface area is 119 Å². The van der Waals surface area contributed by atoms with Gasteiger partial charge in [0.15, 0.2) is 0 Å². The minimum atomic E-state index is 0.0560. The molecule has 0 fully saturated rings. The zero-order valence-electron chi connectivity index (χ0n) is 12.0. The number of hydrogen-bond acceptors (Lipinski definition) is 2. The van der Waals surface area contributed by atoms with Gasteiger partial charge in [-0.3, -0.25) is 9.48 Å². The Hall–Kier alpha value is -2.10. The summed E-state index contributed by atoms with van der Waals surface area (Å²) < 4.78 is 1.85. The summed E-state index contributed by atoms with van der Waals surface area (Å²) in [7, 11) is 1.81. The smallest absolute Gasteiger partial charge is 0.248 e. The molecule has 4 nitrogen and oxygen atoms in total. The van der Waals surface area contributed by atoms with E-state index in [2.05, 4.69) is 12.0 Å². The zero-order valence-corrected chi connectivity index (χ0v) is 12.0. The van der Waals surface area contributed by atoms with Crippen LogP contribution >= 0.6 is 0 Å². The molecule has 1 heterocycles. The van der Waals surface area contributed by atoms with E-state index < -0.39 is 0 Å². The molecule has 0 N–H and O–H groups in total. The minimum Gasteiger partial charge on any atom is -0.314 e. The van der Waals surface area contributed by atoms with Crippen molar-refractivity contribution in [1.29, 1.82) is 0 Å². The second kappa shape index (κ2) is 5.12. The van der Waals surface area contributed by atoms with Crippen molar-refractivity contribution < 1.29 is 4.79 Å². The van der Waals surface area contributed by atoms with E-state index in [1.165, 1.54) is 17.7 Å². The Morgan fingerprint density at radius 2 is 2.05 bits per heavy atom. The van der Waals surface area contributed by atoms with Crippen LogP contribution in [0.1, 0.15) is 23.4 Å². The normalized spacial score (nSPS) is 13.3. The molecule has 20 heavy (non-hydrogen) atoms. The van der Waals surface area contributed by atoms with Crippen LogP contribution in [0.2, 0.25) is 0 Å². The van der Waals surface area contributed by atoms with Crippen LogP contribution in [0.3, 0.4) is 0 Å². The van der Waals surface area contributed by atoms with Gasteiger partial charge >= 0.3 is 0 Å². The average molecular weight is 269 g/mol. The van der Waals surface area contributed by atoms with Gasteiger partial charge in [0.1, 0.15) is 6.54 Å². The first-order chi connectivity index (χ1) is 9.66. The van der Waals surface area contributed by atoms with E-state index in [1.807, 2.05) is 42.1 Å². The number of rotatable bonds is 3. The molecule has 0 aliphatic heterocycles. The van der Waals surface area contributed by atoms with Gasteiger partial charge in [-0.05, 0) is 43.9 Å². The molecule has 0 bridgehead atoms. The first-order valence-electron chi connectivity index (χ1n) is 7.03. The predicted molar refractivity (Wildman–Crippen MR) is 78.8 cm³/mol. The summed E-state index contributed by atoms with van der Waals surface area (Å²) in [6.07, 6.45) is 3.34. The number of aromatic nitrogens is 2. The van der Waals surface area contributed by atoms with Crippen molar-refractivity contribution in [3.8, 4) is 0 Å². The number of fused-ring (bicyclic) bond motifs is 1. The average Bonchev–Trinajstić information content (AvgIpc) is 3.03. The quantitative estimate of drug-likeness (QED) is 0.858. The molecule has 3 rings (SSSR count). The largest absolute Gasteiger partial charge is 0.314 e. The number of para-hydroxylation sites is 1. The minimum absolute atomic E-state index is 0.0560. The van der Waals surface area contributed by atoms with Crippen molar-refractivity contribution >= 4 is 11.6 Å². The van der Waals surface area contributed by atoms with E-state index in [9.17, 15) is 4.79 Å². The molecule has 1 aliphatic rings. The molecule has 1 aromatic carbocycles. The molecule has 1 amide bonds. The third-order valence-electron chi connectivity index (χ3n) is 4.06. The van der Waals surface area contributed by atoms with Gasteiger partial charge < -0.3 is 4.90 Å². The van der Waals surface area contributed by atoms with E-state index in [0.717, 1.165) is 24.2 Å². The van der Waals surface area contributed by atoms with E-state index in [-0.39, 0.29) is 5.91 Å². The molecule has 1 aliphatic carbocycles. The zero-order chi connectivity index (χ0) is 14.1. The van der Waals surface area contributed by atoms with E-state index in [0.29, 0.717) is 6.54 Å². The third-order valence-corrected chi connectivity index (χ3v) is 4.06. The molecule has 0 spiro atoms. The lowest BCUT2D eigenvalue weighted by Gasteiger charge is -2.17. The maximum atomic E-state index is 12.4. The second-order valence-corrected chi connectivity index (χ2v) is 5.31. The van der Waals surface area contributed by atoms with E-state index in [1.54, 1.807) is 4.90 Å². The molecule has 0 saturated heterocycles. The summed E-state index contributed by atoms with van der Waals surface area (Å²) in [5.74, 6) is 0.0560. The highest BCUT2D eigenvalue weighted by atomic mass is 16.2. The monoisotopic (exact) mass is 269 g/mol. The van der Waals surface area contributed by atoms with Crippen LogP contribution in [-0.2, 0) is 24.2 Å². The van der Waals surface area contributed by atoms with Gasteiger partial charge in [-0.2, -0.15) is 5.10 Å². The molecule has 4 heteroatoms. The maximum absolute atomic E-state index is 12.4. The number of aryl methyl sites for hydroxylation is 1. The molecule has 1 aromatic heterocycles. The van der Waals surface area contributed by atoms with Crippen LogP contribution < -0.4 is 4.90 Å². The Morgan fingerprint density at radius 3 is 2.75 bits per heavy atom. The first kappa shape index (κ1) is 12.9. The Bertz CT molecular complexity index is 631. The van der Waals surface area contributed by atoms with Crippen molar-refractivity contribution in [2.45, 2.75) is 32.7 Å². The molecule has 0 radical (unpaired) electrons. The molecule has 104 valence electrons. The van der Waals surface area contributed by atoms with E-state index in [4.69, 9.17) is 0 Å². The van der Waals surface area contributed by atoms with Gasteiger partial charge in [0, 0.05) is 18.4 Å². The van der Waals surface area contributed by atoms with Crippen LogP contribution in [0.4, 0.5) is 5.69 Å². The van der Waals surface area contributed by atoms with Gasteiger partial charge in [0.25, 0.3) is 0 Å². The van der Waals surface area contributed by atoms with Gasteiger partial charge in [-0.25, -0.2) is 0 Å². The van der Waals surface area contributed by atoms with Crippen molar-refractivity contribution in [1.82, 2.24) is 9.78 Å². The molecular weight excluding hydrogens is 250 g/mol. The van der Waals surface area contributed by atoms with Gasteiger partial charge in [-0.15, -0.1) is 0 Å². The lowest BCUT2D eigenvalue weighted by Crippen LogP contribution is -2.30. The van der Waals surface area contributed by atoms with Crippen LogP contribution in [0.5, 0.6) is 0 Å². The third kappa shape index (κ3) is 2.22. The summed E-state index contributed by atoms with van der Waals surface area (Å²) in [5, 5.41) is 4.58. The molecule has 0 atom stereocenters. The fourth-order valence-electron chi connectivity index (χ4n) is 2.79. The highest BCUT2D eigenvalue weighted by molar-refractivity contribution is 5.92. The predicted octanol–water partition coefficient (Wildman–Crippen LogP) is 2.34.